The molecule has 1 atom stereocenters. The summed E-state index contributed by atoms with van der Waals surface area (Å²) in [6, 6.07) is 6.92. The predicted octanol–water partition coefficient (Wildman–Crippen LogP) is 2.85. The Labute approximate surface area is 135 Å². The number of amides is 1. The number of carbonyl (C=O) groups excluding carboxylic acids is 1. The summed E-state index contributed by atoms with van der Waals surface area (Å²) in [6.07, 6.45) is 1.19. The lowest BCUT2D eigenvalue weighted by Gasteiger charge is -2.22. The molecule has 0 unspecified atom stereocenters. The van der Waals surface area contributed by atoms with Crippen molar-refractivity contribution >= 4 is 22.7 Å². The van der Waals surface area contributed by atoms with E-state index in [9.17, 15) is 9.59 Å². The van der Waals surface area contributed by atoms with Gasteiger partial charge in [-0.25, -0.2) is 4.79 Å². The molecule has 0 saturated carbocycles. The third-order valence-electron chi connectivity index (χ3n) is 3.13. The van der Waals surface area contributed by atoms with Crippen molar-refractivity contribution in [2.24, 2.45) is 0 Å². The fourth-order valence-electron chi connectivity index (χ4n) is 2.11. The number of H-pyrrole nitrogens is 1. The zero-order valence-corrected chi connectivity index (χ0v) is 13.9. The minimum Gasteiger partial charge on any atom is -0.444 e. The first-order chi connectivity index (χ1) is 10.7. The fourth-order valence-corrected chi connectivity index (χ4v) is 2.11. The fraction of sp³-hybridized carbons (Fsp3) is 0.412. The second-order valence-corrected chi connectivity index (χ2v) is 6.53. The number of aromatic nitrogens is 1. The number of anilines is 1. The van der Waals surface area contributed by atoms with Gasteiger partial charge in [0, 0.05) is 41.4 Å². The van der Waals surface area contributed by atoms with Gasteiger partial charge in [0.2, 0.25) is 0 Å². The van der Waals surface area contributed by atoms with Gasteiger partial charge in [-0.2, -0.15) is 0 Å². The molecular weight excluding hydrogens is 294 g/mol. The molecule has 1 aromatic heterocycles. The van der Waals surface area contributed by atoms with Gasteiger partial charge in [-0.15, -0.1) is 0 Å². The van der Waals surface area contributed by atoms with Crippen LogP contribution < -0.4 is 16.1 Å². The molecule has 0 aliphatic heterocycles. The minimum absolute atomic E-state index is 0.0256. The van der Waals surface area contributed by atoms with Crippen LogP contribution in [0.1, 0.15) is 27.7 Å². The molecule has 1 aromatic carbocycles. The van der Waals surface area contributed by atoms with Crippen molar-refractivity contribution in [3.63, 3.8) is 0 Å². The molecule has 0 aliphatic carbocycles. The molecule has 0 fully saturated rings. The van der Waals surface area contributed by atoms with E-state index in [-0.39, 0.29) is 11.5 Å². The van der Waals surface area contributed by atoms with Crippen molar-refractivity contribution in [2.45, 2.75) is 39.3 Å². The van der Waals surface area contributed by atoms with Gasteiger partial charge in [0.15, 0.2) is 5.43 Å². The summed E-state index contributed by atoms with van der Waals surface area (Å²) >= 11 is 0. The molecule has 0 spiro atoms. The van der Waals surface area contributed by atoms with Crippen molar-refractivity contribution in [1.29, 1.82) is 0 Å². The lowest BCUT2D eigenvalue weighted by atomic mass is 10.2. The Balaban J connectivity index is 1.94. The molecule has 0 aliphatic rings. The van der Waals surface area contributed by atoms with E-state index in [4.69, 9.17) is 4.74 Å². The van der Waals surface area contributed by atoms with Crippen molar-refractivity contribution in [2.75, 3.05) is 11.9 Å². The zero-order chi connectivity index (χ0) is 17.0. The molecule has 1 heterocycles. The van der Waals surface area contributed by atoms with Gasteiger partial charge in [-0.3, -0.25) is 4.79 Å². The highest BCUT2D eigenvalue weighted by Gasteiger charge is 2.17. The number of hydrogen-bond acceptors (Lipinski definition) is 4. The molecule has 0 bridgehead atoms. The summed E-state index contributed by atoms with van der Waals surface area (Å²) in [5.74, 6) is 0. The standard InChI is InChI=1S/C17H23N3O3/c1-11(20-16(22)23-17(2,3)4)10-19-12-5-6-14-13(9-12)15(21)7-8-18-14/h5-9,11,19H,10H2,1-4H3,(H,18,21)(H,20,22)/t11-/m0/s1. The molecular formula is C17H23N3O3. The molecule has 0 saturated heterocycles. The van der Waals surface area contributed by atoms with Crippen molar-refractivity contribution in [3.8, 4) is 0 Å². The number of fused-ring (bicyclic) bond motifs is 1. The van der Waals surface area contributed by atoms with E-state index in [1.165, 1.54) is 6.07 Å². The number of alkyl carbamates (subject to hydrolysis) is 1. The van der Waals surface area contributed by atoms with Crippen molar-refractivity contribution in [3.05, 3.63) is 40.7 Å². The zero-order valence-electron chi connectivity index (χ0n) is 13.9. The molecule has 124 valence electrons. The van der Waals surface area contributed by atoms with Crippen LogP contribution in [0, 0.1) is 0 Å². The van der Waals surface area contributed by atoms with E-state index in [1.54, 1.807) is 12.3 Å². The second-order valence-electron chi connectivity index (χ2n) is 6.53. The van der Waals surface area contributed by atoms with E-state index < -0.39 is 11.7 Å². The summed E-state index contributed by atoms with van der Waals surface area (Å²) in [5, 5.41) is 6.60. The van der Waals surface area contributed by atoms with Crippen LogP contribution >= 0.6 is 0 Å². The van der Waals surface area contributed by atoms with Crippen molar-refractivity contribution in [1.82, 2.24) is 10.3 Å². The van der Waals surface area contributed by atoms with E-state index in [0.717, 1.165) is 11.2 Å². The number of hydrogen-bond donors (Lipinski definition) is 3. The quantitative estimate of drug-likeness (QED) is 0.809. The summed E-state index contributed by atoms with van der Waals surface area (Å²) in [4.78, 5) is 26.5. The Kier molecular flexibility index (Phi) is 4.93. The average molecular weight is 317 g/mol. The summed E-state index contributed by atoms with van der Waals surface area (Å²) in [5.41, 5.74) is 1.08. The lowest BCUT2D eigenvalue weighted by Crippen LogP contribution is -2.40. The molecule has 1 amide bonds. The highest BCUT2D eigenvalue weighted by Crippen LogP contribution is 2.14. The molecule has 23 heavy (non-hydrogen) atoms. The van der Waals surface area contributed by atoms with E-state index in [1.807, 2.05) is 39.8 Å². The summed E-state index contributed by atoms with van der Waals surface area (Å²) in [7, 11) is 0. The molecule has 6 nitrogen and oxygen atoms in total. The van der Waals surface area contributed by atoms with Crippen LogP contribution in [0.3, 0.4) is 0 Å². The third-order valence-corrected chi connectivity index (χ3v) is 3.13. The highest BCUT2D eigenvalue weighted by atomic mass is 16.6. The number of nitrogens with one attached hydrogen (secondary N) is 3. The topological polar surface area (TPSA) is 83.2 Å². The van der Waals surface area contributed by atoms with Crippen LogP contribution in [-0.2, 0) is 4.74 Å². The van der Waals surface area contributed by atoms with E-state index in [0.29, 0.717) is 11.9 Å². The van der Waals surface area contributed by atoms with Gasteiger partial charge in [0.05, 0.1) is 0 Å². The van der Waals surface area contributed by atoms with Crippen LogP contribution in [0.2, 0.25) is 0 Å². The smallest absolute Gasteiger partial charge is 0.407 e. The number of aromatic amines is 1. The van der Waals surface area contributed by atoms with Crippen LogP contribution in [0.5, 0.6) is 0 Å². The Bertz CT molecular complexity index is 747. The summed E-state index contributed by atoms with van der Waals surface area (Å²) in [6.45, 7) is 7.87. The molecule has 2 rings (SSSR count). The maximum absolute atomic E-state index is 11.8. The first-order valence-corrected chi connectivity index (χ1v) is 7.59. The third kappa shape index (κ3) is 5.02. The van der Waals surface area contributed by atoms with Crippen LogP contribution in [0.15, 0.2) is 35.3 Å². The maximum Gasteiger partial charge on any atom is 0.407 e. The van der Waals surface area contributed by atoms with Crippen LogP contribution in [0.25, 0.3) is 10.9 Å². The number of ether oxygens (including phenoxy) is 1. The Hall–Kier alpha value is -2.50. The molecule has 6 heteroatoms. The molecule has 3 N–H and O–H groups in total. The Morgan fingerprint density at radius 3 is 2.74 bits per heavy atom. The number of rotatable bonds is 4. The van der Waals surface area contributed by atoms with Gasteiger partial charge < -0.3 is 20.4 Å². The normalized spacial score (nSPS) is 12.7. The van der Waals surface area contributed by atoms with Gasteiger partial charge in [0.25, 0.3) is 0 Å². The van der Waals surface area contributed by atoms with E-state index in [2.05, 4.69) is 15.6 Å². The van der Waals surface area contributed by atoms with Gasteiger partial charge in [-0.05, 0) is 45.9 Å². The second kappa shape index (κ2) is 6.73. The number of carbonyl (C=O) groups is 1. The SMILES string of the molecule is C[C@@H](CNc1ccc2[nH]ccc(=O)c2c1)NC(=O)OC(C)(C)C. The first kappa shape index (κ1) is 16.9. The predicted molar refractivity (Wildman–Crippen MR) is 91.9 cm³/mol. The monoisotopic (exact) mass is 317 g/mol. The largest absolute Gasteiger partial charge is 0.444 e. The van der Waals surface area contributed by atoms with Gasteiger partial charge in [-0.1, -0.05) is 0 Å². The van der Waals surface area contributed by atoms with Crippen LogP contribution in [0.4, 0.5) is 10.5 Å². The molecule has 2 aromatic rings. The van der Waals surface area contributed by atoms with E-state index >= 15 is 0 Å². The van der Waals surface area contributed by atoms with Crippen molar-refractivity contribution < 1.29 is 9.53 Å². The number of benzene rings is 1. The first-order valence-electron chi connectivity index (χ1n) is 7.59. The number of pyridine rings is 1. The van der Waals surface area contributed by atoms with Gasteiger partial charge >= 0.3 is 6.09 Å². The highest BCUT2D eigenvalue weighted by molar-refractivity contribution is 5.82. The Morgan fingerprint density at radius 1 is 1.30 bits per heavy atom. The Morgan fingerprint density at radius 2 is 2.04 bits per heavy atom. The lowest BCUT2D eigenvalue weighted by molar-refractivity contribution is 0.0511. The van der Waals surface area contributed by atoms with Gasteiger partial charge in [0.1, 0.15) is 5.60 Å². The summed E-state index contributed by atoms with van der Waals surface area (Å²) < 4.78 is 5.21. The minimum atomic E-state index is -0.517. The maximum atomic E-state index is 11.8. The molecule has 0 radical (unpaired) electrons. The van der Waals surface area contributed by atoms with Crippen LogP contribution in [-0.4, -0.2) is 29.3 Å². The average Bonchev–Trinajstić information content (AvgIpc) is 2.43.